The Balaban J connectivity index is 2.98. The summed E-state index contributed by atoms with van der Waals surface area (Å²) in [7, 11) is -3.85. The molecule has 0 aromatic heterocycles. The van der Waals surface area contributed by atoms with Gasteiger partial charge in [0.1, 0.15) is 10.7 Å². The molecule has 0 aliphatic heterocycles. The Kier molecular flexibility index (Phi) is 5.49. The summed E-state index contributed by atoms with van der Waals surface area (Å²) in [6, 6.07) is 2.60. The fourth-order valence-corrected chi connectivity index (χ4v) is 3.73. The third kappa shape index (κ3) is 4.28. The van der Waals surface area contributed by atoms with Crippen LogP contribution in [0, 0.1) is 12.7 Å². The van der Waals surface area contributed by atoms with E-state index in [0.717, 1.165) is 6.07 Å². The van der Waals surface area contributed by atoms with Gasteiger partial charge in [-0.3, -0.25) is 4.79 Å². The van der Waals surface area contributed by atoms with E-state index in [2.05, 4.69) is 20.7 Å². The molecule has 0 aliphatic carbocycles. The van der Waals surface area contributed by atoms with Gasteiger partial charge in [0, 0.05) is 4.47 Å². The highest BCUT2D eigenvalue weighted by Crippen LogP contribution is 2.25. The number of carbonyl (C=O) groups excluding carboxylic acids is 1. The molecule has 0 atom stereocenters. The lowest BCUT2D eigenvalue weighted by molar-refractivity contribution is -0.142. The number of benzene rings is 1. The molecule has 0 saturated heterocycles. The first-order chi connectivity index (χ1) is 8.77. The average Bonchev–Trinajstić information content (AvgIpc) is 2.25. The minimum atomic E-state index is -3.85. The molecule has 1 aromatic rings. The van der Waals surface area contributed by atoms with Crippen molar-refractivity contribution in [2.24, 2.45) is 0 Å². The molecule has 0 radical (unpaired) electrons. The van der Waals surface area contributed by atoms with Gasteiger partial charge in [-0.2, -0.15) is 0 Å². The molecule has 0 amide bonds. The van der Waals surface area contributed by atoms with Crippen molar-refractivity contribution in [3.8, 4) is 0 Å². The van der Waals surface area contributed by atoms with E-state index in [0.29, 0.717) is 10.0 Å². The van der Waals surface area contributed by atoms with Crippen molar-refractivity contribution in [3.63, 3.8) is 0 Å². The number of aryl methyl sites for hydroxylation is 1. The molecule has 7 heteroatoms. The summed E-state index contributed by atoms with van der Waals surface area (Å²) in [6.07, 6.45) is -0.287. The maximum Gasteiger partial charge on any atom is 0.306 e. The molecule has 1 rings (SSSR count). The van der Waals surface area contributed by atoms with Gasteiger partial charge >= 0.3 is 5.97 Å². The summed E-state index contributed by atoms with van der Waals surface area (Å²) < 4.78 is 42.9. The van der Waals surface area contributed by atoms with Crippen LogP contribution in [0.5, 0.6) is 0 Å². The number of carbonyl (C=O) groups is 1. The highest BCUT2D eigenvalue weighted by atomic mass is 79.9. The SMILES string of the molecule is CCOC(=O)CCS(=O)(=O)c1c(C)cc(Br)cc1F. The van der Waals surface area contributed by atoms with Gasteiger partial charge in [0.15, 0.2) is 9.84 Å². The van der Waals surface area contributed by atoms with E-state index in [4.69, 9.17) is 0 Å². The number of hydrogen-bond acceptors (Lipinski definition) is 4. The summed E-state index contributed by atoms with van der Waals surface area (Å²) in [5.41, 5.74) is 0.302. The van der Waals surface area contributed by atoms with Crippen LogP contribution in [-0.2, 0) is 19.4 Å². The second-order valence-electron chi connectivity index (χ2n) is 3.91. The van der Waals surface area contributed by atoms with Gasteiger partial charge < -0.3 is 4.74 Å². The molecule has 0 fully saturated rings. The Hall–Kier alpha value is -0.950. The molecule has 4 nitrogen and oxygen atoms in total. The predicted octanol–water partition coefficient (Wildman–Crippen LogP) is 2.62. The molecular formula is C12H14BrFO4S. The van der Waals surface area contributed by atoms with E-state index < -0.39 is 27.4 Å². The van der Waals surface area contributed by atoms with Crippen LogP contribution in [0.25, 0.3) is 0 Å². The minimum absolute atomic E-state index is 0.185. The van der Waals surface area contributed by atoms with Gasteiger partial charge in [-0.15, -0.1) is 0 Å². The van der Waals surface area contributed by atoms with Crippen LogP contribution in [-0.4, -0.2) is 26.7 Å². The van der Waals surface area contributed by atoms with Gasteiger partial charge in [0.2, 0.25) is 0 Å². The van der Waals surface area contributed by atoms with Crippen LogP contribution in [0.3, 0.4) is 0 Å². The average molecular weight is 353 g/mol. The first-order valence-corrected chi connectivity index (χ1v) is 8.06. The van der Waals surface area contributed by atoms with Crippen LogP contribution in [0.2, 0.25) is 0 Å². The van der Waals surface area contributed by atoms with Crippen molar-refractivity contribution >= 4 is 31.7 Å². The Morgan fingerprint density at radius 2 is 2.05 bits per heavy atom. The number of rotatable bonds is 5. The van der Waals surface area contributed by atoms with Crippen molar-refractivity contribution < 1.29 is 22.3 Å². The Bertz CT molecular complexity index is 560. The number of hydrogen-bond donors (Lipinski definition) is 0. The number of ether oxygens (including phenoxy) is 1. The van der Waals surface area contributed by atoms with Crippen LogP contribution in [0.1, 0.15) is 18.9 Å². The lowest BCUT2D eigenvalue weighted by Crippen LogP contribution is -2.15. The fraction of sp³-hybridized carbons (Fsp3) is 0.417. The molecule has 0 bridgehead atoms. The van der Waals surface area contributed by atoms with Gasteiger partial charge in [-0.05, 0) is 31.5 Å². The zero-order valence-electron chi connectivity index (χ0n) is 10.6. The number of halogens is 2. The van der Waals surface area contributed by atoms with E-state index in [9.17, 15) is 17.6 Å². The van der Waals surface area contributed by atoms with Crippen molar-refractivity contribution in [2.45, 2.75) is 25.2 Å². The van der Waals surface area contributed by atoms with E-state index in [1.54, 1.807) is 6.92 Å². The van der Waals surface area contributed by atoms with E-state index in [-0.39, 0.29) is 17.9 Å². The molecule has 1 aromatic carbocycles. The highest BCUT2D eigenvalue weighted by molar-refractivity contribution is 9.10. The summed E-state index contributed by atoms with van der Waals surface area (Å²) in [5, 5.41) is 0. The summed E-state index contributed by atoms with van der Waals surface area (Å²) in [6.45, 7) is 3.32. The third-order valence-electron chi connectivity index (χ3n) is 2.39. The van der Waals surface area contributed by atoms with Crippen molar-refractivity contribution in [1.82, 2.24) is 0 Å². The molecule has 0 saturated carbocycles. The quantitative estimate of drug-likeness (QED) is 0.764. The largest absolute Gasteiger partial charge is 0.466 e. The fourth-order valence-electron chi connectivity index (χ4n) is 1.64. The highest BCUT2D eigenvalue weighted by Gasteiger charge is 2.23. The van der Waals surface area contributed by atoms with Crippen molar-refractivity contribution in [1.29, 1.82) is 0 Å². The summed E-state index contributed by atoms with van der Waals surface area (Å²) >= 11 is 3.09. The Morgan fingerprint density at radius 1 is 1.42 bits per heavy atom. The van der Waals surface area contributed by atoms with E-state index in [1.165, 1.54) is 13.0 Å². The van der Waals surface area contributed by atoms with Gasteiger partial charge in [-0.1, -0.05) is 15.9 Å². The second kappa shape index (κ2) is 6.47. The molecule has 0 heterocycles. The first kappa shape index (κ1) is 16.1. The third-order valence-corrected chi connectivity index (χ3v) is 4.72. The van der Waals surface area contributed by atoms with E-state index in [1.807, 2.05) is 0 Å². The topological polar surface area (TPSA) is 60.4 Å². The minimum Gasteiger partial charge on any atom is -0.466 e. The van der Waals surface area contributed by atoms with Gasteiger partial charge in [-0.25, -0.2) is 12.8 Å². The molecule has 0 unspecified atom stereocenters. The van der Waals surface area contributed by atoms with Gasteiger partial charge in [0.05, 0.1) is 18.8 Å². The van der Waals surface area contributed by atoms with E-state index >= 15 is 0 Å². The lowest BCUT2D eigenvalue weighted by Gasteiger charge is -2.09. The van der Waals surface area contributed by atoms with Crippen molar-refractivity contribution in [3.05, 3.63) is 28.0 Å². The normalized spacial score (nSPS) is 11.4. The van der Waals surface area contributed by atoms with Crippen LogP contribution < -0.4 is 0 Å². The number of sulfone groups is 1. The molecule has 106 valence electrons. The zero-order valence-corrected chi connectivity index (χ0v) is 13.0. The second-order valence-corrected chi connectivity index (χ2v) is 6.87. The standard InChI is InChI=1S/C12H14BrFO4S/c1-3-18-11(15)4-5-19(16,17)12-8(2)6-9(13)7-10(12)14/h6-7H,3-5H2,1-2H3. The van der Waals surface area contributed by atoms with Crippen molar-refractivity contribution in [2.75, 3.05) is 12.4 Å². The molecular weight excluding hydrogens is 339 g/mol. The first-order valence-electron chi connectivity index (χ1n) is 5.62. The van der Waals surface area contributed by atoms with Gasteiger partial charge in [0.25, 0.3) is 0 Å². The maximum atomic E-state index is 13.8. The Labute approximate surface area is 120 Å². The smallest absolute Gasteiger partial charge is 0.306 e. The lowest BCUT2D eigenvalue weighted by atomic mass is 10.2. The maximum absolute atomic E-state index is 13.8. The predicted molar refractivity (Wildman–Crippen MR) is 72.1 cm³/mol. The zero-order chi connectivity index (χ0) is 14.6. The number of esters is 1. The summed E-state index contributed by atoms with van der Waals surface area (Å²) in [5.74, 6) is -1.90. The molecule has 0 aliphatic rings. The molecule has 19 heavy (non-hydrogen) atoms. The summed E-state index contributed by atoms with van der Waals surface area (Å²) in [4.78, 5) is 10.8. The Morgan fingerprint density at radius 3 is 2.58 bits per heavy atom. The molecule has 0 N–H and O–H groups in total. The monoisotopic (exact) mass is 352 g/mol. The van der Waals surface area contributed by atoms with Crippen LogP contribution in [0.4, 0.5) is 4.39 Å². The molecule has 0 spiro atoms. The van der Waals surface area contributed by atoms with Crippen LogP contribution >= 0.6 is 15.9 Å². The van der Waals surface area contributed by atoms with Crippen LogP contribution in [0.15, 0.2) is 21.5 Å².